The molecule has 1 heterocycles. The first-order valence-corrected chi connectivity index (χ1v) is 6.89. The van der Waals surface area contributed by atoms with Gasteiger partial charge in [0.25, 0.3) is 0 Å². The molecule has 0 spiro atoms. The van der Waals surface area contributed by atoms with E-state index in [-0.39, 0.29) is 12.4 Å². The summed E-state index contributed by atoms with van der Waals surface area (Å²) in [6.07, 6.45) is 2.17. The normalized spacial score (nSPS) is 10.5. The fourth-order valence-corrected chi connectivity index (χ4v) is 1.95. The molecular weight excluding hydrogens is 316 g/mol. The van der Waals surface area contributed by atoms with Crippen molar-refractivity contribution in [2.45, 2.75) is 11.8 Å². The Morgan fingerprint density at radius 1 is 1.16 bits per heavy atom. The van der Waals surface area contributed by atoms with Crippen molar-refractivity contribution in [3.8, 4) is 5.75 Å². The number of benzene rings is 1. The molecule has 0 saturated carbocycles. The fraction of sp³-hybridized carbons (Fsp3) is 0.214. The van der Waals surface area contributed by atoms with Crippen molar-refractivity contribution < 1.29 is 13.5 Å². The van der Waals surface area contributed by atoms with Gasteiger partial charge in [0.05, 0.1) is 6.61 Å². The minimum absolute atomic E-state index is 0.179. The predicted molar refractivity (Wildman–Crippen MR) is 72.4 cm³/mol. The van der Waals surface area contributed by atoms with Gasteiger partial charge in [-0.1, -0.05) is 22.0 Å². The third kappa shape index (κ3) is 3.73. The van der Waals surface area contributed by atoms with Gasteiger partial charge in [-0.15, -0.1) is 0 Å². The van der Waals surface area contributed by atoms with E-state index in [1.54, 1.807) is 6.20 Å². The number of aromatic nitrogens is 1. The molecule has 0 aliphatic heterocycles. The topological polar surface area (TPSA) is 22.1 Å². The summed E-state index contributed by atoms with van der Waals surface area (Å²) in [6.45, 7) is 0.179. The highest BCUT2D eigenvalue weighted by atomic mass is 79.9. The minimum atomic E-state index is -0.685. The van der Waals surface area contributed by atoms with Crippen LogP contribution in [0.15, 0.2) is 36.5 Å². The summed E-state index contributed by atoms with van der Waals surface area (Å²) < 4.78 is 32.4. The van der Waals surface area contributed by atoms with Gasteiger partial charge in [0.2, 0.25) is 0 Å². The summed E-state index contributed by atoms with van der Waals surface area (Å²) in [5, 5.41) is 0.398. The van der Waals surface area contributed by atoms with E-state index in [1.807, 2.05) is 18.2 Å². The molecule has 0 radical (unpaired) electrons. The van der Waals surface area contributed by atoms with Gasteiger partial charge < -0.3 is 4.74 Å². The highest BCUT2D eigenvalue weighted by Crippen LogP contribution is 2.24. The van der Waals surface area contributed by atoms with Gasteiger partial charge in [0.15, 0.2) is 17.4 Å². The van der Waals surface area contributed by atoms with Crippen LogP contribution in [0.5, 0.6) is 5.75 Å². The third-order valence-electron chi connectivity index (χ3n) is 2.54. The molecular formula is C14H12BrF2NO. The van der Waals surface area contributed by atoms with E-state index in [0.717, 1.165) is 5.69 Å². The van der Waals surface area contributed by atoms with Crippen LogP contribution in [0, 0.1) is 11.6 Å². The maximum Gasteiger partial charge on any atom is 0.190 e. The number of nitrogens with zero attached hydrogens (tertiary/aromatic N) is 1. The number of alkyl halides is 1. The molecule has 19 heavy (non-hydrogen) atoms. The van der Waals surface area contributed by atoms with Crippen LogP contribution in [0.25, 0.3) is 0 Å². The third-order valence-corrected chi connectivity index (χ3v) is 3.19. The van der Waals surface area contributed by atoms with Gasteiger partial charge in [-0.05, 0) is 29.8 Å². The van der Waals surface area contributed by atoms with Crippen molar-refractivity contribution in [1.82, 2.24) is 4.98 Å². The molecule has 2 nitrogen and oxygen atoms in total. The monoisotopic (exact) mass is 327 g/mol. The van der Waals surface area contributed by atoms with Crippen LogP contribution < -0.4 is 4.74 Å². The number of rotatable bonds is 5. The summed E-state index contributed by atoms with van der Waals surface area (Å²) in [5.41, 5.74) is 1.35. The summed E-state index contributed by atoms with van der Waals surface area (Å²) >= 11 is 3.15. The number of hydrogen-bond donors (Lipinski definition) is 0. The molecule has 100 valence electrons. The molecule has 0 saturated heterocycles. The van der Waals surface area contributed by atoms with Crippen molar-refractivity contribution in [3.63, 3.8) is 0 Å². The standard InChI is InChI=1S/C14H12BrF2NO/c15-9-10-7-12(16)14(13(17)8-10)19-6-4-11-3-1-2-5-18-11/h1-3,5,7-8H,4,6,9H2. The molecule has 0 aliphatic carbocycles. The van der Waals surface area contributed by atoms with E-state index < -0.39 is 11.6 Å². The Morgan fingerprint density at radius 2 is 1.89 bits per heavy atom. The molecule has 1 aromatic carbocycles. The Morgan fingerprint density at radius 3 is 2.47 bits per heavy atom. The van der Waals surface area contributed by atoms with Crippen molar-refractivity contribution >= 4 is 15.9 Å². The largest absolute Gasteiger partial charge is 0.487 e. The van der Waals surface area contributed by atoms with E-state index in [1.165, 1.54) is 12.1 Å². The molecule has 0 amide bonds. The summed E-state index contributed by atoms with van der Waals surface area (Å²) in [4.78, 5) is 4.11. The van der Waals surface area contributed by atoms with Gasteiger partial charge in [0.1, 0.15) is 0 Å². The quantitative estimate of drug-likeness (QED) is 0.777. The molecule has 0 unspecified atom stereocenters. The highest BCUT2D eigenvalue weighted by molar-refractivity contribution is 9.08. The van der Waals surface area contributed by atoms with Crippen molar-refractivity contribution in [1.29, 1.82) is 0 Å². The second kappa shape index (κ2) is 6.61. The Bertz CT molecular complexity index is 525. The van der Waals surface area contributed by atoms with Gasteiger partial charge in [-0.2, -0.15) is 0 Å². The molecule has 0 atom stereocenters. The second-order valence-electron chi connectivity index (χ2n) is 3.94. The first-order chi connectivity index (χ1) is 9.20. The van der Waals surface area contributed by atoms with E-state index in [0.29, 0.717) is 17.3 Å². The van der Waals surface area contributed by atoms with E-state index in [2.05, 4.69) is 20.9 Å². The number of pyridine rings is 1. The highest BCUT2D eigenvalue weighted by Gasteiger charge is 2.12. The summed E-state index contributed by atoms with van der Waals surface area (Å²) in [5.74, 6) is -1.70. The molecule has 2 aromatic rings. The number of ether oxygens (including phenoxy) is 1. The maximum absolute atomic E-state index is 13.6. The molecule has 0 bridgehead atoms. The Balaban J connectivity index is 2.00. The van der Waals surface area contributed by atoms with Crippen molar-refractivity contribution in [2.75, 3.05) is 6.61 Å². The number of halogens is 3. The Hall–Kier alpha value is -1.49. The average Bonchev–Trinajstić information content (AvgIpc) is 2.42. The lowest BCUT2D eigenvalue weighted by Crippen LogP contribution is -2.06. The lowest BCUT2D eigenvalue weighted by atomic mass is 10.2. The minimum Gasteiger partial charge on any atom is -0.487 e. The smallest absolute Gasteiger partial charge is 0.190 e. The zero-order valence-electron chi connectivity index (χ0n) is 10.1. The molecule has 1 aromatic heterocycles. The van der Waals surface area contributed by atoms with E-state index in [9.17, 15) is 8.78 Å². The number of hydrogen-bond acceptors (Lipinski definition) is 2. The van der Waals surface area contributed by atoms with Crippen LogP contribution >= 0.6 is 15.9 Å². The predicted octanol–water partition coefficient (Wildman–Crippen LogP) is 3.88. The van der Waals surface area contributed by atoms with Crippen LogP contribution in [0.1, 0.15) is 11.3 Å². The van der Waals surface area contributed by atoms with Crippen molar-refractivity contribution in [3.05, 3.63) is 59.4 Å². The zero-order valence-corrected chi connectivity index (χ0v) is 11.7. The second-order valence-corrected chi connectivity index (χ2v) is 4.50. The van der Waals surface area contributed by atoms with Gasteiger partial charge in [-0.3, -0.25) is 4.98 Å². The van der Waals surface area contributed by atoms with Gasteiger partial charge >= 0.3 is 0 Å². The summed E-state index contributed by atoms with van der Waals surface area (Å²) in [6, 6.07) is 8.02. The summed E-state index contributed by atoms with van der Waals surface area (Å²) in [7, 11) is 0. The van der Waals surface area contributed by atoms with E-state index >= 15 is 0 Å². The molecule has 0 fully saturated rings. The Kier molecular flexibility index (Phi) is 4.85. The van der Waals surface area contributed by atoms with Crippen LogP contribution in [0.3, 0.4) is 0 Å². The molecule has 5 heteroatoms. The van der Waals surface area contributed by atoms with Crippen molar-refractivity contribution in [2.24, 2.45) is 0 Å². The van der Waals surface area contributed by atoms with Gasteiger partial charge in [-0.25, -0.2) is 8.78 Å². The lowest BCUT2D eigenvalue weighted by Gasteiger charge is -2.09. The first-order valence-electron chi connectivity index (χ1n) is 5.77. The maximum atomic E-state index is 13.6. The van der Waals surface area contributed by atoms with Crippen LogP contribution in [0.2, 0.25) is 0 Å². The molecule has 0 aliphatic rings. The first kappa shape index (κ1) is 13.9. The fourth-order valence-electron chi connectivity index (χ4n) is 1.63. The van der Waals surface area contributed by atoms with Crippen LogP contribution in [-0.4, -0.2) is 11.6 Å². The lowest BCUT2D eigenvalue weighted by molar-refractivity contribution is 0.287. The van der Waals surface area contributed by atoms with Crippen LogP contribution in [-0.2, 0) is 11.8 Å². The zero-order chi connectivity index (χ0) is 13.7. The molecule has 2 rings (SSSR count). The average molecular weight is 328 g/mol. The molecule has 0 N–H and O–H groups in total. The van der Waals surface area contributed by atoms with Gasteiger partial charge in [0, 0.05) is 23.6 Å². The SMILES string of the molecule is Fc1cc(CBr)cc(F)c1OCCc1ccccn1. The Labute approximate surface area is 118 Å². The van der Waals surface area contributed by atoms with E-state index in [4.69, 9.17) is 4.74 Å². The van der Waals surface area contributed by atoms with Crippen LogP contribution in [0.4, 0.5) is 8.78 Å².